The Morgan fingerprint density at radius 3 is 2.36 bits per heavy atom. The van der Waals surface area contributed by atoms with Crippen LogP contribution in [0.25, 0.3) is 0 Å². The van der Waals surface area contributed by atoms with E-state index in [1.807, 2.05) is 12.1 Å². The van der Waals surface area contributed by atoms with Crippen LogP contribution in [-0.4, -0.2) is 42.8 Å². The average Bonchev–Trinajstić information content (AvgIpc) is 2.00. The zero-order chi connectivity index (χ0) is 9.90. The SMILES string of the molecule is C[N+](C)(C)CCc1cccc(O)c1.[OH-]. The van der Waals surface area contributed by atoms with Gasteiger partial charge >= 0.3 is 0 Å². The number of rotatable bonds is 3. The maximum atomic E-state index is 9.24. The summed E-state index contributed by atoms with van der Waals surface area (Å²) in [5, 5.41) is 9.24. The molecule has 14 heavy (non-hydrogen) atoms. The third-order valence-electron chi connectivity index (χ3n) is 1.98. The average molecular weight is 197 g/mol. The number of phenols is 1. The maximum Gasteiger partial charge on any atom is 0.115 e. The van der Waals surface area contributed by atoms with E-state index >= 15 is 0 Å². The minimum absolute atomic E-state index is 0. The smallest absolute Gasteiger partial charge is 0.115 e. The summed E-state index contributed by atoms with van der Waals surface area (Å²) in [5.74, 6) is 0.360. The van der Waals surface area contributed by atoms with Gasteiger partial charge in [-0.25, -0.2) is 0 Å². The summed E-state index contributed by atoms with van der Waals surface area (Å²) in [5.41, 5.74) is 1.20. The van der Waals surface area contributed by atoms with Crippen LogP contribution in [0.5, 0.6) is 5.75 Å². The second-order valence-corrected chi connectivity index (χ2v) is 4.43. The number of quaternary nitrogens is 1. The first kappa shape index (κ1) is 12.9. The van der Waals surface area contributed by atoms with Crippen molar-refractivity contribution in [2.75, 3.05) is 27.7 Å². The maximum absolute atomic E-state index is 9.24. The van der Waals surface area contributed by atoms with E-state index in [2.05, 4.69) is 27.2 Å². The van der Waals surface area contributed by atoms with Gasteiger partial charge in [-0.2, -0.15) is 0 Å². The fourth-order valence-corrected chi connectivity index (χ4v) is 1.18. The van der Waals surface area contributed by atoms with Crippen molar-refractivity contribution in [3.8, 4) is 5.75 Å². The molecule has 1 rings (SSSR count). The van der Waals surface area contributed by atoms with Crippen molar-refractivity contribution < 1.29 is 15.1 Å². The Balaban J connectivity index is 0.00000169. The van der Waals surface area contributed by atoms with E-state index in [0.717, 1.165) is 17.4 Å². The van der Waals surface area contributed by atoms with Crippen LogP contribution in [0.3, 0.4) is 0 Å². The van der Waals surface area contributed by atoms with Crippen molar-refractivity contribution in [2.24, 2.45) is 0 Å². The zero-order valence-corrected chi connectivity index (χ0v) is 9.07. The molecule has 0 amide bonds. The van der Waals surface area contributed by atoms with E-state index in [4.69, 9.17) is 0 Å². The molecule has 0 unspecified atom stereocenters. The predicted octanol–water partition coefficient (Wildman–Crippen LogP) is 1.46. The highest BCUT2D eigenvalue weighted by atomic mass is 16.3. The highest BCUT2D eigenvalue weighted by Crippen LogP contribution is 2.11. The van der Waals surface area contributed by atoms with E-state index in [0.29, 0.717) is 5.75 Å². The Bertz CT molecular complexity index is 279. The van der Waals surface area contributed by atoms with Gasteiger partial charge in [0.1, 0.15) is 5.75 Å². The number of nitrogens with zero attached hydrogens (tertiary/aromatic N) is 1. The molecule has 0 saturated carbocycles. The molecule has 0 saturated heterocycles. The van der Waals surface area contributed by atoms with Crippen molar-refractivity contribution >= 4 is 0 Å². The molecule has 0 spiro atoms. The first-order valence-electron chi connectivity index (χ1n) is 4.56. The summed E-state index contributed by atoms with van der Waals surface area (Å²) < 4.78 is 0.954. The number of hydrogen-bond acceptors (Lipinski definition) is 2. The Morgan fingerprint density at radius 1 is 1.21 bits per heavy atom. The van der Waals surface area contributed by atoms with Crippen LogP contribution in [0.1, 0.15) is 5.56 Å². The van der Waals surface area contributed by atoms with Gasteiger partial charge in [-0.1, -0.05) is 12.1 Å². The minimum atomic E-state index is 0. The van der Waals surface area contributed by atoms with Crippen LogP contribution in [0.2, 0.25) is 0 Å². The Kier molecular flexibility index (Phi) is 4.60. The number of hydrogen-bond donors (Lipinski definition) is 1. The fraction of sp³-hybridized carbons (Fsp3) is 0.455. The summed E-state index contributed by atoms with van der Waals surface area (Å²) in [6.07, 6.45) is 1.01. The first-order chi connectivity index (χ1) is 5.97. The molecular weight excluding hydrogens is 178 g/mol. The largest absolute Gasteiger partial charge is 0.870 e. The van der Waals surface area contributed by atoms with Crippen LogP contribution in [-0.2, 0) is 6.42 Å². The molecule has 0 aliphatic rings. The number of phenolic OH excluding ortho intramolecular Hbond substituents is 1. The standard InChI is InChI=1S/C11H17NO.H2O/c1-12(2,3)8-7-10-5-4-6-11(13)9-10;/h4-6,9H,7-8H2,1-3H3;1H2. The molecule has 0 aromatic heterocycles. The lowest BCUT2D eigenvalue weighted by Crippen LogP contribution is -2.36. The Labute approximate surface area is 85.5 Å². The van der Waals surface area contributed by atoms with Gasteiger partial charge in [-0.05, 0) is 17.7 Å². The Hall–Kier alpha value is -1.06. The van der Waals surface area contributed by atoms with Crippen LogP contribution in [0.4, 0.5) is 0 Å². The molecular formula is C11H19NO2. The van der Waals surface area contributed by atoms with Gasteiger partial charge in [0.05, 0.1) is 27.7 Å². The number of aromatic hydroxyl groups is 1. The second kappa shape index (κ2) is 4.98. The number of benzene rings is 1. The molecule has 80 valence electrons. The van der Waals surface area contributed by atoms with Gasteiger partial charge in [0.25, 0.3) is 0 Å². The van der Waals surface area contributed by atoms with Crippen molar-refractivity contribution in [3.63, 3.8) is 0 Å². The first-order valence-corrected chi connectivity index (χ1v) is 4.56. The van der Waals surface area contributed by atoms with E-state index in [1.165, 1.54) is 5.56 Å². The fourth-order valence-electron chi connectivity index (χ4n) is 1.18. The quantitative estimate of drug-likeness (QED) is 0.746. The lowest BCUT2D eigenvalue weighted by atomic mass is 10.1. The molecule has 0 atom stereocenters. The molecule has 0 fully saturated rings. The van der Waals surface area contributed by atoms with Crippen LogP contribution >= 0.6 is 0 Å². The number of likely N-dealkylation sites (N-methyl/N-ethyl adjacent to an activating group) is 1. The molecule has 3 nitrogen and oxygen atoms in total. The van der Waals surface area contributed by atoms with Crippen LogP contribution in [0.15, 0.2) is 24.3 Å². The molecule has 2 N–H and O–H groups in total. The lowest BCUT2D eigenvalue weighted by molar-refractivity contribution is -0.870. The monoisotopic (exact) mass is 197 g/mol. The summed E-state index contributed by atoms with van der Waals surface area (Å²) in [6, 6.07) is 7.47. The second-order valence-electron chi connectivity index (χ2n) is 4.43. The van der Waals surface area contributed by atoms with Gasteiger partial charge in [-0.3, -0.25) is 0 Å². The third-order valence-corrected chi connectivity index (χ3v) is 1.98. The molecule has 1 aromatic rings. The van der Waals surface area contributed by atoms with E-state index in [1.54, 1.807) is 6.07 Å². The lowest BCUT2D eigenvalue weighted by Gasteiger charge is -2.23. The van der Waals surface area contributed by atoms with Crippen molar-refractivity contribution in [3.05, 3.63) is 29.8 Å². The van der Waals surface area contributed by atoms with Crippen LogP contribution < -0.4 is 0 Å². The normalized spacial score (nSPS) is 10.8. The molecule has 0 aliphatic carbocycles. The van der Waals surface area contributed by atoms with Gasteiger partial charge in [0.2, 0.25) is 0 Å². The Morgan fingerprint density at radius 2 is 1.86 bits per heavy atom. The summed E-state index contributed by atoms with van der Waals surface area (Å²) >= 11 is 0. The third kappa shape index (κ3) is 4.84. The minimum Gasteiger partial charge on any atom is -0.870 e. The molecule has 0 aliphatic heterocycles. The van der Waals surface area contributed by atoms with Crippen LogP contribution in [0, 0.1) is 0 Å². The van der Waals surface area contributed by atoms with E-state index < -0.39 is 0 Å². The van der Waals surface area contributed by atoms with Gasteiger partial charge in [0, 0.05) is 6.42 Å². The molecule has 0 radical (unpaired) electrons. The highest BCUT2D eigenvalue weighted by molar-refractivity contribution is 5.27. The predicted molar refractivity (Wildman–Crippen MR) is 56.6 cm³/mol. The van der Waals surface area contributed by atoms with Gasteiger partial charge < -0.3 is 15.1 Å². The molecule has 1 aromatic carbocycles. The zero-order valence-electron chi connectivity index (χ0n) is 9.07. The molecule has 0 bridgehead atoms. The summed E-state index contributed by atoms with van der Waals surface area (Å²) in [4.78, 5) is 0. The topological polar surface area (TPSA) is 50.2 Å². The molecule has 0 heterocycles. The van der Waals surface area contributed by atoms with Gasteiger partial charge in [0.15, 0.2) is 0 Å². The molecule has 3 heteroatoms. The van der Waals surface area contributed by atoms with Crippen molar-refractivity contribution in [2.45, 2.75) is 6.42 Å². The van der Waals surface area contributed by atoms with E-state index in [-0.39, 0.29) is 5.48 Å². The summed E-state index contributed by atoms with van der Waals surface area (Å²) in [6.45, 7) is 1.09. The van der Waals surface area contributed by atoms with Crippen molar-refractivity contribution in [1.29, 1.82) is 0 Å². The van der Waals surface area contributed by atoms with E-state index in [9.17, 15) is 5.11 Å². The van der Waals surface area contributed by atoms with Gasteiger partial charge in [-0.15, -0.1) is 0 Å². The van der Waals surface area contributed by atoms with Crippen molar-refractivity contribution in [1.82, 2.24) is 0 Å². The summed E-state index contributed by atoms with van der Waals surface area (Å²) in [7, 11) is 6.51. The highest BCUT2D eigenvalue weighted by Gasteiger charge is 2.06.